The Balaban J connectivity index is 1.62. The highest BCUT2D eigenvalue weighted by Gasteiger charge is 2.22. The molecule has 0 bridgehead atoms. The zero-order chi connectivity index (χ0) is 13.1. The smallest absolute Gasteiger partial charge is 0.329 e. The van der Waals surface area contributed by atoms with Crippen molar-refractivity contribution in [2.75, 3.05) is 31.1 Å². The van der Waals surface area contributed by atoms with E-state index >= 15 is 0 Å². The first-order valence-corrected chi connectivity index (χ1v) is 6.14. The Hall–Kier alpha value is -2.44. The topological polar surface area (TPSA) is 67.2 Å². The lowest BCUT2D eigenvalue weighted by Crippen LogP contribution is -2.50. The first-order chi connectivity index (χ1) is 9.34. The molecule has 19 heavy (non-hydrogen) atoms. The number of carbonyl (C=O) groups is 1. The number of rotatable bonds is 1. The van der Waals surface area contributed by atoms with Crippen LogP contribution in [0, 0.1) is 0 Å². The highest BCUT2D eigenvalue weighted by molar-refractivity contribution is 5.76. The highest BCUT2D eigenvalue weighted by atomic mass is 16.2. The van der Waals surface area contributed by atoms with Gasteiger partial charge in [0, 0.05) is 51.0 Å². The van der Waals surface area contributed by atoms with Crippen molar-refractivity contribution in [2.24, 2.45) is 0 Å². The molecule has 2 aromatic rings. The predicted molar refractivity (Wildman–Crippen MR) is 68.8 cm³/mol. The fourth-order valence-electron chi connectivity index (χ4n) is 2.09. The minimum Gasteiger partial charge on any atom is -0.337 e. The van der Waals surface area contributed by atoms with Crippen molar-refractivity contribution in [2.45, 2.75) is 0 Å². The zero-order valence-corrected chi connectivity index (χ0v) is 10.4. The van der Waals surface area contributed by atoms with Gasteiger partial charge in [0.15, 0.2) is 0 Å². The van der Waals surface area contributed by atoms with Crippen molar-refractivity contribution in [3.8, 4) is 0 Å². The average molecular weight is 258 g/mol. The normalized spacial score (nSPS) is 15.6. The van der Waals surface area contributed by atoms with Crippen LogP contribution in [0.1, 0.15) is 0 Å². The van der Waals surface area contributed by atoms with Crippen molar-refractivity contribution in [1.29, 1.82) is 0 Å². The third kappa shape index (κ3) is 2.40. The monoisotopic (exact) mass is 258 g/mol. The summed E-state index contributed by atoms with van der Waals surface area (Å²) in [7, 11) is 0. The van der Waals surface area contributed by atoms with Gasteiger partial charge < -0.3 is 9.80 Å². The Morgan fingerprint density at radius 3 is 2.42 bits per heavy atom. The summed E-state index contributed by atoms with van der Waals surface area (Å²) in [5, 5.41) is 0. The molecule has 0 atom stereocenters. The van der Waals surface area contributed by atoms with Crippen molar-refractivity contribution < 1.29 is 4.79 Å². The van der Waals surface area contributed by atoms with E-state index in [4.69, 9.17) is 0 Å². The molecular formula is C12H14N6O. The van der Waals surface area contributed by atoms with Crippen LogP contribution in [-0.2, 0) is 0 Å². The van der Waals surface area contributed by atoms with Crippen LogP contribution in [0.15, 0.2) is 37.2 Å². The maximum Gasteiger partial charge on any atom is 0.329 e. The van der Waals surface area contributed by atoms with Gasteiger partial charge in [-0.05, 0) is 6.07 Å². The Morgan fingerprint density at radius 1 is 1.05 bits per heavy atom. The Kier molecular flexibility index (Phi) is 3.09. The fraction of sp³-hybridized carbons (Fsp3) is 0.333. The molecule has 7 nitrogen and oxygen atoms in total. The summed E-state index contributed by atoms with van der Waals surface area (Å²) in [6, 6.07) is 1.76. The van der Waals surface area contributed by atoms with Gasteiger partial charge in [-0.15, -0.1) is 0 Å². The standard InChI is InChI=1S/C12H14N6O/c19-12(18-5-4-13-10-18)17-8-6-16(7-9-17)11-14-2-1-3-15-11/h1-5,10H,6-9H2. The largest absolute Gasteiger partial charge is 0.337 e. The lowest BCUT2D eigenvalue weighted by Gasteiger charge is -2.34. The van der Waals surface area contributed by atoms with E-state index in [1.54, 1.807) is 35.8 Å². The van der Waals surface area contributed by atoms with Crippen LogP contribution in [0.2, 0.25) is 0 Å². The summed E-state index contributed by atoms with van der Waals surface area (Å²) < 4.78 is 1.49. The Labute approximate surface area is 110 Å². The molecule has 0 N–H and O–H groups in total. The third-order valence-corrected chi connectivity index (χ3v) is 3.11. The zero-order valence-electron chi connectivity index (χ0n) is 10.4. The predicted octanol–water partition coefficient (Wildman–Crippen LogP) is 0.463. The average Bonchev–Trinajstić information content (AvgIpc) is 3.02. The Morgan fingerprint density at radius 2 is 1.79 bits per heavy atom. The summed E-state index contributed by atoms with van der Waals surface area (Å²) in [5.74, 6) is 0.720. The maximum absolute atomic E-state index is 12.1. The Bertz CT molecular complexity index is 533. The molecular weight excluding hydrogens is 244 g/mol. The molecule has 1 aliphatic rings. The lowest BCUT2D eigenvalue weighted by atomic mass is 10.3. The van der Waals surface area contributed by atoms with E-state index in [9.17, 15) is 4.79 Å². The van der Waals surface area contributed by atoms with E-state index in [0.717, 1.165) is 19.0 Å². The summed E-state index contributed by atoms with van der Waals surface area (Å²) in [5.41, 5.74) is 0. The van der Waals surface area contributed by atoms with Crippen LogP contribution in [0.25, 0.3) is 0 Å². The van der Waals surface area contributed by atoms with Gasteiger partial charge in [-0.25, -0.2) is 19.7 Å². The SMILES string of the molecule is O=C(N1CCN(c2ncccn2)CC1)n1ccnc1. The maximum atomic E-state index is 12.1. The van der Waals surface area contributed by atoms with Crippen molar-refractivity contribution in [3.63, 3.8) is 0 Å². The third-order valence-electron chi connectivity index (χ3n) is 3.11. The van der Waals surface area contributed by atoms with Crippen LogP contribution < -0.4 is 4.90 Å². The molecule has 0 unspecified atom stereocenters. The molecule has 0 saturated carbocycles. The number of hydrogen-bond acceptors (Lipinski definition) is 5. The number of anilines is 1. The van der Waals surface area contributed by atoms with E-state index in [0.29, 0.717) is 13.1 Å². The van der Waals surface area contributed by atoms with Crippen LogP contribution in [0.3, 0.4) is 0 Å². The lowest BCUT2D eigenvalue weighted by molar-refractivity contribution is 0.195. The molecule has 1 aliphatic heterocycles. The number of imidazole rings is 1. The van der Waals surface area contributed by atoms with Gasteiger partial charge in [-0.3, -0.25) is 4.57 Å². The number of hydrogen-bond donors (Lipinski definition) is 0. The second kappa shape index (κ2) is 5.05. The fourth-order valence-corrected chi connectivity index (χ4v) is 2.09. The summed E-state index contributed by atoms with van der Waals surface area (Å²) in [6.45, 7) is 2.80. The van der Waals surface area contributed by atoms with Crippen LogP contribution >= 0.6 is 0 Å². The summed E-state index contributed by atoms with van der Waals surface area (Å²) in [6.07, 6.45) is 8.24. The second-order valence-corrected chi connectivity index (χ2v) is 4.28. The molecule has 0 aromatic carbocycles. The van der Waals surface area contributed by atoms with Crippen molar-refractivity contribution in [1.82, 2.24) is 24.4 Å². The second-order valence-electron chi connectivity index (χ2n) is 4.28. The molecule has 2 aromatic heterocycles. The van der Waals surface area contributed by atoms with Crippen LogP contribution in [0.5, 0.6) is 0 Å². The molecule has 1 amide bonds. The molecule has 7 heteroatoms. The van der Waals surface area contributed by atoms with E-state index in [1.807, 2.05) is 0 Å². The van der Waals surface area contributed by atoms with Gasteiger partial charge in [0.1, 0.15) is 6.33 Å². The molecule has 3 heterocycles. The van der Waals surface area contributed by atoms with Crippen molar-refractivity contribution in [3.05, 3.63) is 37.2 Å². The van der Waals surface area contributed by atoms with Crippen LogP contribution in [-0.4, -0.2) is 56.6 Å². The van der Waals surface area contributed by atoms with Gasteiger partial charge in [0.05, 0.1) is 0 Å². The summed E-state index contributed by atoms with van der Waals surface area (Å²) >= 11 is 0. The van der Waals surface area contributed by atoms with E-state index in [1.165, 1.54) is 10.9 Å². The molecule has 0 radical (unpaired) electrons. The number of aromatic nitrogens is 4. The van der Waals surface area contributed by atoms with Gasteiger partial charge in [-0.2, -0.15) is 0 Å². The van der Waals surface area contributed by atoms with Gasteiger partial charge in [0.2, 0.25) is 5.95 Å². The highest BCUT2D eigenvalue weighted by Crippen LogP contribution is 2.10. The molecule has 0 aliphatic carbocycles. The number of piperazine rings is 1. The molecule has 3 rings (SSSR count). The van der Waals surface area contributed by atoms with E-state index < -0.39 is 0 Å². The number of nitrogens with zero attached hydrogens (tertiary/aromatic N) is 6. The first-order valence-electron chi connectivity index (χ1n) is 6.14. The first kappa shape index (κ1) is 11.6. The van der Waals surface area contributed by atoms with Gasteiger partial charge in [-0.1, -0.05) is 0 Å². The quantitative estimate of drug-likeness (QED) is 0.743. The van der Waals surface area contributed by atoms with E-state index in [-0.39, 0.29) is 6.03 Å². The summed E-state index contributed by atoms with van der Waals surface area (Å²) in [4.78, 5) is 28.3. The molecule has 98 valence electrons. The minimum absolute atomic E-state index is 0.0360. The number of carbonyl (C=O) groups excluding carboxylic acids is 1. The van der Waals surface area contributed by atoms with Gasteiger partial charge in [0.25, 0.3) is 0 Å². The molecule has 1 saturated heterocycles. The van der Waals surface area contributed by atoms with E-state index in [2.05, 4.69) is 19.9 Å². The van der Waals surface area contributed by atoms with Crippen molar-refractivity contribution >= 4 is 12.0 Å². The molecule has 0 spiro atoms. The van der Waals surface area contributed by atoms with Crippen LogP contribution in [0.4, 0.5) is 10.7 Å². The number of amides is 1. The van der Waals surface area contributed by atoms with Gasteiger partial charge >= 0.3 is 6.03 Å². The molecule has 1 fully saturated rings. The minimum atomic E-state index is -0.0360.